The Hall–Kier alpha value is -2.04. The molecular formula is C18H25N3O2. The number of carbonyl (C=O) groups is 2. The van der Waals surface area contributed by atoms with Gasteiger partial charge in [0.15, 0.2) is 0 Å². The molecular weight excluding hydrogens is 290 g/mol. The minimum Gasteiger partial charge on any atom is -0.370 e. The van der Waals surface area contributed by atoms with Gasteiger partial charge in [0.1, 0.15) is 5.54 Å². The zero-order valence-electron chi connectivity index (χ0n) is 14.0. The van der Waals surface area contributed by atoms with Gasteiger partial charge in [-0.2, -0.15) is 0 Å². The monoisotopic (exact) mass is 315 g/mol. The summed E-state index contributed by atoms with van der Waals surface area (Å²) in [5.74, 6) is 0.175. The average molecular weight is 315 g/mol. The van der Waals surface area contributed by atoms with Crippen molar-refractivity contribution >= 4 is 23.2 Å². The van der Waals surface area contributed by atoms with Crippen molar-refractivity contribution in [1.82, 2.24) is 4.90 Å². The number of nitrogens with one attached hydrogen (secondary N) is 1. The predicted molar refractivity (Wildman–Crippen MR) is 91.5 cm³/mol. The molecule has 1 saturated heterocycles. The van der Waals surface area contributed by atoms with Gasteiger partial charge in [-0.25, -0.2) is 0 Å². The summed E-state index contributed by atoms with van der Waals surface area (Å²) < 4.78 is 0. The lowest BCUT2D eigenvalue weighted by Crippen LogP contribution is -2.54. The molecule has 0 saturated carbocycles. The third-order valence-electron chi connectivity index (χ3n) is 4.68. The molecule has 0 aliphatic carbocycles. The molecule has 3 rings (SSSR count). The van der Waals surface area contributed by atoms with Gasteiger partial charge in [-0.05, 0) is 45.2 Å². The molecule has 1 fully saturated rings. The minimum absolute atomic E-state index is 0.0163. The van der Waals surface area contributed by atoms with E-state index in [0.717, 1.165) is 37.3 Å². The molecule has 0 bridgehead atoms. The Kier molecular flexibility index (Phi) is 4.28. The van der Waals surface area contributed by atoms with Crippen molar-refractivity contribution in [2.75, 3.05) is 29.9 Å². The number of benzene rings is 1. The van der Waals surface area contributed by atoms with Crippen molar-refractivity contribution in [1.29, 1.82) is 0 Å². The molecule has 5 nitrogen and oxygen atoms in total. The van der Waals surface area contributed by atoms with E-state index in [-0.39, 0.29) is 11.8 Å². The SMILES string of the molecule is CC1(C)Nc2ccccc2N(CCC(=O)N2CCCCC2)C1=O. The molecule has 0 aromatic heterocycles. The number of amides is 2. The van der Waals surface area contributed by atoms with E-state index in [0.29, 0.717) is 13.0 Å². The van der Waals surface area contributed by atoms with Crippen LogP contribution in [0.4, 0.5) is 11.4 Å². The Morgan fingerprint density at radius 3 is 2.61 bits per heavy atom. The Bertz CT molecular complexity index is 606. The van der Waals surface area contributed by atoms with Gasteiger partial charge in [-0.1, -0.05) is 12.1 Å². The summed E-state index contributed by atoms with van der Waals surface area (Å²) in [5.41, 5.74) is 1.16. The van der Waals surface area contributed by atoms with E-state index < -0.39 is 5.54 Å². The van der Waals surface area contributed by atoms with E-state index in [2.05, 4.69) is 5.32 Å². The highest BCUT2D eigenvalue weighted by Gasteiger charge is 2.38. The van der Waals surface area contributed by atoms with Crippen LogP contribution in [0.1, 0.15) is 39.5 Å². The number of fused-ring (bicyclic) bond motifs is 1. The Morgan fingerprint density at radius 2 is 1.87 bits per heavy atom. The van der Waals surface area contributed by atoms with Gasteiger partial charge in [0.05, 0.1) is 11.4 Å². The molecule has 0 atom stereocenters. The molecule has 0 unspecified atom stereocenters. The lowest BCUT2D eigenvalue weighted by Gasteiger charge is -2.40. The van der Waals surface area contributed by atoms with Crippen LogP contribution < -0.4 is 10.2 Å². The molecule has 5 heteroatoms. The van der Waals surface area contributed by atoms with Gasteiger partial charge >= 0.3 is 0 Å². The zero-order chi connectivity index (χ0) is 16.4. The highest BCUT2D eigenvalue weighted by molar-refractivity contribution is 6.07. The first-order chi connectivity index (χ1) is 11.0. The number of hydrogen-bond donors (Lipinski definition) is 1. The molecule has 0 radical (unpaired) electrons. The molecule has 0 spiro atoms. The Balaban J connectivity index is 1.73. The summed E-state index contributed by atoms with van der Waals surface area (Å²) >= 11 is 0. The van der Waals surface area contributed by atoms with Gasteiger partial charge in [0.2, 0.25) is 5.91 Å². The van der Waals surface area contributed by atoms with Gasteiger partial charge < -0.3 is 15.1 Å². The Morgan fingerprint density at radius 1 is 1.17 bits per heavy atom. The summed E-state index contributed by atoms with van der Waals surface area (Å²) in [6.45, 7) is 5.92. The molecule has 124 valence electrons. The average Bonchev–Trinajstić information content (AvgIpc) is 2.55. The number of anilines is 2. The van der Waals surface area contributed by atoms with E-state index in [1.165, 1.54) is 6.42 Å². The van der Waals surface area contributed by atoms with E-state index in [1.807, 2.05) is 43.0 Å². The van der Waals surface area contributed by atoms with Gasteiger partial charge in [0.25, 0.3) is 5.91 Å². The second-order valence-corrected chi connectivity index (χ2v) is 6.92. The second kappa shape index (κ2) is 6.22. The first-order valence-electron chi connectivity index (χ1n) is 8.46. The van der Waals surface area contributed by atoms with E-state index in [4.69, 9.17) is 0 Å². The van der Waals surface area contributed by atoms with Crippen LogP contribution in [-0.2, 0) is 9.59 Å². The maximum absolute atomic E-state index is 12.7. The van der Waals surface area contributed by atoms with Crippen LogP contribution in [0.25, 0.3) is 0 Å². The summed E-state index contributed by atoms with van der Waals surface area (Å²) in [6, 6.07) is 7.78. The molecule has 1 aromatic rings. The number of likely N-dealkylation sites (tertiary alicyclic amines) is 1. The van der Waals surface area contributed by atoms with Gasteiger partial charge in [0, 0.05) is 26.1 Å². The predicted octanol–water partition coefficient (Wildman–Crippen LogP) is 2.63. The minimum atomic E-state index is -0.650. The summed E-state index contributed by atoms with van der Waals surface area (Å²) in [7, 11) is 0. The Labute approximate surface area is 137 Å². The van der Waals surface area contributed by atoms with Crippen LogP contribution in [-0.4, -0.2) is 41.9 Å². The van der Waals surface area contributed by atoms with E-state index >= 15 is 0 Å². The summed E-state index contributed by atoms with van der Waals surface area (Å²) in [5, 5.41) is 3.28. The second-order valence-electron chi connectivity index (χ2n) is 6.92. The van der Waals surface area contributed by atoms with Crippen LogP contribution in [0.15, 0.2) is 24.3 Å². The number of para-hydroxylation sites is 2. The van der Waals surface area contributed by atoms with E-state index in [1.54, 1.807) is 4.90 Å². The van der Waals surface area contributed by atoms with Crippen LogP contribution >= 0.6 is 0 Å². The van der Waals surface area contributed by atoms with Crippen molar-refractivity contribution in [2.45, 2.75) is 45.1 Å². The maximum atomic E-state index is 12.7. The first-order valence-corrected chi connectivity index (χ1v) is 8.46. The molecule has 2 heterocycles. The third-order valence-corrected chi connectivity index (χ3v) is 4.68. The normalized spacial score (nSPS) is 20.0. The summed E-state index contributed by atoms with van der Waals surface area (Å²) in [6.07, 6.45) is 3.78. The van der Waals surface area contributed by atoms with Gasteiger partial charge in [-0.15, -0.1) is 0 Å². The quantitative estimate of drug-likeness (QED) is 0.933. The zero-order valence-corrected chi connectivity index (χ0v) is 14.0. The number of nitrogens with zero attached hydrogens (tertiary/aromatic N) is 2. The van der Waals surface area contributed by atoms with Crippen LogP contribution in [0.3, 0.4) is 0 Å². The lowest BCUT2D eigenvalue weighted by molar-refractivity contribution is -0.132. The largest absolute Gasteiger partial charge is 0.370 e. The number of rotatable bonds is 3. The highest BCUT2D eigenvalue weighted by Crippen LogP contribution is 2.35. The number of hydrogen-bond acceptors (Lipinski definition) is 3. The van der Waals surface area contributed by atoms with Crippen molar-refractivity contribution in [2.24, 2.45) is 0 Å². The summed E-state index contributed by atoms with van der Waals surface area (Å²) in [4.78, 5) is 28.8. The van der Waals surface area contributed by atoms with Crippen molar-refractivity contribution < 1.29 is 9.59 Å². The smallest absolute Gasteiger partial charge is 0.252 e. The molecule has 2 amide bonds. The fourth-order valence-electron chi connectivity index (χ4n) is 3.38. The maximum Gasteiger partial charge on any atom is 0.252 e. The van der Waals surface area contributed by atoms with Crippen molar-refractivity contribution in [3.63, 3.8) is 0 Å². The third kappa shape index (κ3) is 3.19. The molecule has 1 aromatic carbocycles. The fourth-order valence-corrected chi connectivity index (χ4v) is 3.38. The van der Waals surface area contributed by atoms with Crippen LogP contribution in [0.2, 0.25) is 0 Å². The van der Waals surface area contributed by atoms with Crippen LogP contribution in [0.5, 0.6) is 0 Å². The number of carbonyl (C=O) groups excluding carboxylic acids is 2. The van der Waals surface area contributed by atoms with E-state index in [9.17, 15) is 9.59 Å². The highest BCUT2D eigenvalue weighted by atomic mass is 16.2. The molecule has 2 aliphatic rings. The lowest BCUT2D eigenvalue weighted by atomic mass is 9.98. The molecule has 2 aliphatic heterocycles. The first kappa shape index (κ1) is 15.8. The topological polar surface area (TPSA) is 52.7 Å². The van der Waals surface area contributed by atoms with Gasteiger partial charge in [-0.3, -0.25) is 9.59 Å². The molecule has 1 N–H and O–H groups in total. The van der Waals surface area contributed by atoms with Crippen molar-refractivity contribution in [3.8, 4) is 0 Å². The fraction of sp³-hybridized carbons (Fsp3) is 0.556. The standard InChI is InChI=1S/C18H25N3O2/c1-18(2)17(23)21(15-9-5-4-8-14(15)19-18)13-10-16(22)20-11-6-3-7-12-20/h4-5,8-9,19H,3,6-7,10-13H2,1-2H3. The van der Waals surface area contributed by atoms with Crippen molar-refractivity contribution in [3.05, 3.63) is 24.3 Å². The molecule has 23 heavy (non-hydrogen) atoms. The number of piperidine rings is 1. The van der Waals surface area contributed by atoms with Crippen LogP contribution in [0, 0.1) is 0 Å².